The minimum absolute atomic E-state index is 0.546. The van der Waals surface area contributed by atoms with Crippen molar-refractivity contribution >= 4 is 23.5 Å². The molecule has 1 atom stereocenters. The van der Waals surface area contributed by atoms with Crippen LogP contribution in [0.5, 0.6) is 11.5 Å². The van der Waals surface area contributed by atoms with Gasteiger partial charge in [-0.05, 0) is 43.1 Å². The number of nitrogens with two attached hydrogens (primary N) is 1. The number of ether oxygens (including phenoxy) is 2. The van der Waals surface area contributed by atoms with Crippen LogP contribution in [0.3, 0.4) is 0 Å². The molecule has 25 heavy (non-hydrogen) atoms. The first-order chi connectivity index (χ1) is 12.2. The minimum atomic E-state index is 0.546. The highest BCUT2D eigenvalue weighted by Crippen LogP contribution is 2.31. The summed E-state index contributed by atoms with van der Waals surface area (Å²) >= 11 is 3.68. The molecule has 0 saturated carbocycles. The molecule has 0 radical (unpaired) electrons. The lowest BCUT2D eigenvalue weighted by Gasteiger charge is -2.10. The van der Waals surface area contributed by atoms with Crippen molar-refractivity contribution in [2.75, 3.05) is 31.8 Å². The Morgan fingerprint density at radius 2 is 1.96 bits per heavy atom. The number of benzene rings is 2. The van der Waals surface area contributed by atoms with E-state index in [4.69, 9.17) is 15.2 Å². The second kappa shape index (κ2) is 11.3. The highest BCUT2D eigenvalue weighted by atomic mass is 32.2. The standard InChI is InChI=1S/C11H17NOS.C9H10OS/c1-9(7-12)8-14-11-6-4-3-5-10(11)13-2;1-2-5-9-8(4-1)10-6-3-7-11-9/h3-6,9H,7-8,12H2,1-2H3;1-2,4-5H,3,6-7H2. The molecule has 136 valence electrons. The van der Waals surface area contributed by atoms with Crippen LogP contribution in [0.2, 0.25) is 0 Å². The molecule has 2 aromatic carbocycles. The van der Waals surface area contributed by atoms with E-state index in [9.17, 15) is 0 Å². The smallest absolute Gasteiger partial charge is 0.132 e. The zero-order valence-electron chi connectivity index (χ0n) is 14.9. The number of para-hydroxylation sites is 2. The Morgan fingerprint density at radius 1 is 1.20 bits per heavy atom. The van der Waals surface area contributed by atoms with Crippen LogP contribution >= 0.6 is 23.5 Å². The first-order valence-corrected chi connectivity index (χ1v) is 10.5. The van der Waals surface area contributed by atoms with Crippen LogP contribution in [0.25, 0.3) is 0 Å². The van der Waals surface area contributed by atoms with Gasteiger partial charge in [0.1, 0.15) is 11.5 Å². The lowest BCUT2D eigenvalue weighted by Crippen LogP contribution is -2.12. The first kappa shape index (κ1) is 20.0. The molecule has 5 heteroatoms. The van der Waals surface area contributed by atoms with Crippen molar-refractivity contribution in [3.8, 4) is 11.5 Å². The van der Waals surface area contributed by atoms with E-state index in [-0.39, 0.29) is 0 Å². The van der Waals surface area contributed by atoms with E-state index in [1.807, 2.05) is 42.1 Å². The number of rotatable bonds is 5. The molecular weight excluding hydrogens is 350 g/mol. The topological polar surface area (TPSA) is 44.5 Å². The summed E-state index contributed by atoms with van der Waals surface area (Å²) in [6, 6.07) is 16.3. The summed E-state index contributed by atoms with van der Waals surface area (Å²) in [7, 11) is 1.70. The maximum absolute atomic E-state index is 5.56. The van der Waals surface area contributed by atoms with Gasteiger partial charge in [-0.15, -0.1) is 23.5 Å². The molecule has 0 spiro atoms. The fraction of sp³-hybridized carbons (Fsp3) is 0.400. The average molecular weight is 378 g/mol. The highest BCUT2D eigenvalue weighted by Gasteiger charge is 2.07. The SMILES string of the molecule is COc1ccccc1SCC(C)CN.c1ccc2c(c1)OCCCS2. The van der Waals surface area contributed by atoms with Crippen LogP contribution in [0.15, 0.2) is 58.3 Å². The van der Waals surface area contributed by atoms with Gasteiger partial charge in [0.25, 0.3) is 0 Å². The lowest BCUT2D eigenvalue weighted by atomic mass is 10.2. The summed E-state index contributed by atoms with van der Waals surface area (Å²) in [6.45, 7) is 3.76. The lowest BCUT2D eigenvalue weighted by molar-refractivity contribution is 0.315. The van der Waals surface area contributed by atoms with Crippen molar-refractivity contribution in [1.29, 1.82) is 0 Å². The summed E-state index contributed by atoms with van der Waals surface area (Å²) in [5.74, 6) is 4.76. The van der Waals surface area contributed by atoms with Crippen molar-refractivity contribution in [2.45, 2.75) is 23.1 Å². The van der Waals surface area contributed by atoms with Crippen molar-refractivity contribution < 1.29 is 9.47 Å². The Kier molecular flexibility index (Phi) is 9.08. The van der Waals surface area contributed by atoms with Gasteiger partial charge in [-0.2, -0.15) is 0 Å². The normalized spacial score (nSPS) is 14.2. The van der Waals surface area contributed by atoms with Crippen LogP contribution in [-0.4, -0.2) is 31.8 Å². The quantitative estimate of drug-likeness (QED) is 0.748. The fourth-order valence-electron chi connectivity index (χ4n) is 2.15. The van der Waals surface area contributed by atoms with Crippen molar-refractivity contribution in [1.82, 2.24) is 0 Å². The molecule has 0 amide bonds. The van der Waals surface area contributed by atoms with Gasteiger partial charge < -0.3 is 15.2 Å². The van der Waals surface area contributed by atoms with E-state index in [1.165, 1.54) is 15.5 Å². The molecule has 0 saturated heterocycles. The number of fused-ring (bicyclic) bond motifs is 1. The minimum Gasteiger partial charge on any atom is -0.496 e. The zero-order chi connectivity index (χ0) is 17.9. The maximum atomic E-state index is 5.56. The fourth-order valence-corrected chi connectivity index (χ4v) is 4.14. The van der Waals surface area contributed by atoms with E-state index in [0.717, 1.165) is 36.8 Å². The average Bonchev–Trinajstić information content (AvgIpc) is 2.92. The van der Waals surface area contributed by atoms with E-state index in [0.29, 0.717) is 5.92 Å². The molecule has 1 unspecified atom stereocenters. The summed E-state index contributed by atoms with van der Waals surface area (Å²) < 4.78 is 10.8. The third-order valence-electron chi connectivity index (χ3n) is 3.65. The molecule has 0 bridgehead atoms. The van der Waals surface area contributed by atoms with E-state index >= 15 is 0 Å². The number of hydrogen-bond acceptors (Lipinski definition) is 5. The molecule has 0 aromatic heterocycles. The second-order valence-electron chi connectivity index (χ2n) is 5.80. The van der Waals surface area contributed by atoms with Crippen LogP contribution in [0.1, 0.15) is 13.3 Å². The molecule has 3 rings (SSSR count). The molecule has 2 aromatic rings. The summed E-state index contributed by atoms with van der Waals surface area (Å²) in [6.07, 6.45) is 1.15. The summed E-state index contributed by atoms with van der Waals surface area (Å²) in [5.41, 5.74) is 5.56. The second-order valence-corrected chi connectivity index (χ2v) is 8.00. The van der Waals surface area contributed by atoms with Gasteiger partial charge in [-0.1, -0.05) is 31.2 Å². The van der Waals surface area contributed by atoms with Crippen LogP contribution < -0.4 is 15.2 Å². The summed E-state index contributed by atoms with van der Waals surface area (Å²) in [4.78, 5) is 2.47. The van der Waals surface area contributed by atoms with E-state index in [1.54, 1.807) is 18.9 Å². The van der Waals surface area contributed by atoms with Crippen molar-refractivity contribution in [2.24, 2.45) is 11.7 Å². The molecule has 2 N–H and O–H groups in total. The van der Waals surface area contributed by atoms with Gasteiger partial charge in [-0.3, -0.25) is 0 Å². The van der Waals surface area contributed by atoms with Crippen molar-refractivity contribution in [3.63, 3.8) is 0 Å². The van der Waals surface area contributed by atoms with E-state index in [2.05, 4.69) is 25.1 Å². The van der Waals surface area contributed by atoms with Gasteiger partial charge >= 0.3 is 0 Å². The predicted octanol–water partition coefficient (Wildman–Crippen LogP) is 4.94. The zero-order valence-corrected chi connectivity index (χ0v) is 16.6. The maximum Gasteiger partial charge on any atom is 0.132 e. The first-order valence-electron chi connectivity index (χ1n) is 8.55. The Morgan fingerprint density at radius 3 is 2.76 bits per heavy atom. The van der Waals surface area contributed by atoms with Crippen LogP contribution in [0.4, 0.5) is 0 Å². The number of hydrogen-bond donors (Lipinski definition) is 1. The number of methoxy groups -OCH3 is 1. The number of thioether (sulfide) groups is 2. The Bertz CT molecular complexity index is 612. The third-order valence-corrected chi connectivity index (χ3v) is 6.17. The molecular formula is C20H27NO2S2. The molecule has 1 heterocycles. The monoisotopic (exact) mass is 377 g/mol. The molecule has 3 nitrogen and oxygen atoms in total. The predicted molar refractivity (Wildman–Crippen MR) is 109 cm³/mol. The largest absolute Gasteiger partial charge is 0.496 e. The van der Waals surface area contributed by atoms with Gasteiger partial charge in [0.2, 0.25) is 0 Å². The Hall–Kier alpha value is -1.30. The van der Waals surface area contributed by atoms with E-state index < -0.39 is 0 Å². The molecule has 1 aliphatic heterocycles. The Balaban J connectivity index is 0.000000185. The summed E-state index contributed by atoms with van der Waals surface area (Å²) in [5, 5.41) is 0. The molecule has 1 aliphatic rings. The van der Waals surface area contributed by atoms with Crippen LogP contribution in [-0.2, 0) is 0 Å². The molecule has 0 aliphatic carbocycles. The Labute approximate surface area is 159 Å². The highest BCUT2D eigenvalue weighted by molar-refractivity contribution is 7.99. The van der Waals surface area contributed by atoms with Gasteiger partial charge in [0, 0.05) is 21.3 Å². The van der Waals surface area contributed by atoms with Crippen LogP contribution in [0, 0.1) is 5.92 Å². The van der Waals surface area contributed by atoms with Gasteiger partial charge in [0.05, 0.1) is 13.7 Å². The molecule has 0 fully saturated rings. The van der Waals surface area contributed by atoms with Gasteiger partial charge in [-0.25, -0.2) is 0 Å². The van der Waals surface area contributed by atoms with Crippen molar-refractivity contribution in [3.05, 3.63) is 48.5 Å². The van der Waals surface area contributed by atoms with Gasteiger partial charge in [0.15, 0.2) is 0 Å². The third kappa shape index (κ3) is 6.84.